The van der Waals surface area contributed by atoms with Gasteiger partial charge in [0.1, 0.15) is 11.8 Å². The van der Waals surface area contributed by atoms with E-state index < -0.39 is 35.1 Å². The van der Waals surface area contributed by atoms with E-state index in [2.05, 4.69) is 5.10 Å². The molecule has 1 aromatic rings. The van der Waals surface area contributed by atoms with Crippen LogP contribution in [0.5, 0.6) is 0 Å². The highest BCUT2D eigenvalue weighted by Crippen LogP contribution is 2.42. The lowest BCUT2D eigenvalue weighted by atomic mass is 10.1. The first-order chi connectivity index (χ1) is 7.11. The molecule has 0 aliphatic heterocycles. The lowest BCUT2D eigenvalue weighted by Crippen LogP contribution is -2.23. The van der Waals surface area contributed by atoms with Crippen LogP contribution in [0.4, 0.5) is 22.0 Å². The zero-order valence-electron chi connectivity index (χ0n) is 7.82. The maximum absolute atomic E-state index is 13.1. The number of aryl methyl sites for hydroxylation is 1. The van der Waals surface area contributed by atoms with Crippen LogP contribution in [0.15, 0.2) is 0 Å². The number of nitrogens with zero attached hydrogens (tertiary/aromatic N) is 2. The average molecular weight is 265 g/mol. The van der Waals surface area contributed by atoms with Crippen molar-refractivity contribution in [2.75, 3.05) is 6.61 Å². The molecule has 0 radical (unpaired) electrons. The molecule has 0 amide bonds. The number of aromatic nitrogens is 2. The number of aliphatic hydroxyl groups excluding tert-OH is 1. The molecular weight excluding hydrogens is 259 g/mol. The Morgan fingerprint density at radius 2 is 1.81 bits per heavy atom. The van der Waals surface area contributed by atoms with Crippen molar-refractivity contribution in [3.8, 4) is 0 Å². The molecular formula is C7H6ClF5N2O. The Morgan fingerprint density at radius 1 is 1.31 bits per heavy atom. The SMILES string of the molecule is Cn1nc(C(F)(F)F)c(C(F)(F)CO)c1Cl. The van der Waals surface area contributed by atoms with Crippen molar-refractivity contribution in [3.05, 3.63) is 16.4 Å². The van der Waals surface area contributed by atoms with Gasteiger partial charge in [-0.25, -0.2) is 0 Å². The standard InChI is InChI=1S/C7H6ClF5N2O/c1-15-5(8)3(6(9,10)2-16)4(14-15)7(11,12)13/h16H,2H2,1H3. The lowest BCUT2D eigenvalue weighted by molar-refractivity contribution is -0.147. The molecule has 16 heavy (non-hydrogen) atoms. The summed E-state index contributed by atoms with van der Waals surface area (Å²) >= 11 is 5.29. The van der Waals surface area contributed by atoms with Gasteiger partial charge in [0.05, 0.1) is 5.56 Å². The second-order valence-electron chi connectivity index (χ2n) is 3.00. The van der Waals surface area contributed by atoms with Gasteiger partial charge in [0.25, 0.3) is 0 Å². The predicted molar refractivity (Wildman–Crippen MR) is 44.2 cm³/mol. The van der Waals surface area contributed by atoms with Crippen molar-refractivity contribution < 1.29 is 27.1 Å². The summed E-state index contributed by atoms with van der Waals surface area (Å²) in [6.07, 6.45) is -5.06. The van der Waals surface area contributed by atoms with E-state index in [4.69, 9.17) is 16.7 Å². The number of rotatable bonds is 2. The molecule has 92 valence electrons. The Kier molecular flexibility index (Phi) is 3.17. The van der Waals surface area contributed by atoms with Crippen LogP contribution in [-0.4, -0.2) is 21.5 Å². The Labute approximate surface area is 91.4 Å². The fourth-order valence-corrected chi connectivity index (χ4v) is 1.37. The normalized spacial score (nSPS) is 13.2. The third-order valence-electron chi connectivity index (χ3n) is 1.81. The molecule has 0 aromatic carbocycles. The van der Waals surface area contributed by atoms with Crippen LogP contribution >= 0.6 is 11.6 Å². The Bertz CT molecular complexity index is 400. The Hall–Kier alpha value is -0.890. The summed E-state index contributed by atoms with van der Waals surface area (Å²) in [5, 5.41) is 10.4. The van der Waals surface area contributed by atoms with E-state index in [0.29, 0.717) is 4.68 Å². The summed E-state index contributed by atoms with van der Waals surface area (Å²) in [4.78, 5) is 0. The van der Waals surface area contributed by atoms with Gasteiger partial charge in [-0.15, -0.1) is 0 Å². The zero-order valence-corrected chi connectivity index (χ0v) is 8.57. The van der Waals surface area contributed by atoms with E-state index in [1.54, 1.807) is 0 Å². The maximum Gasteiger partial charge on any atom is 0.435 e. The first-order valence-electron chi connectivity index (χ1n) is 3.90. The summed E-state index contributed by atoms with van der Waals surface area (Å²) in [6, 6.07) is 0. The third-order valence-corrected chi connectivity index (χ3v) is 2.24. The number of hydrogen-bond acceptors (Lipinski definition) is 2. The number of halogens is 6. The van der Waals surface area contributed by atoms with Crippen LogP contribution in [0.1, 0.15) is 11.3 Å². The van der Waals surface area contributed by atoms with E-state index in [9.17, 15) is 22.0 Å². The van der Waals surface area contributed by atoms with Gasteiger partial charge in [0, 0.05) is 7.05 Å². The monoisotopic (exact) mass is 264 g/mol. The fourth-order valence-electron chi connectivity index (χ4n) is 1.11. The summed E-state index contributed by atoms with van der Waals surface area (Å²) < 4.78 is 63.7. The van der Waals surface area contributed by atoms with Crippen LogP contribution in [0.3, 0.4) is 0 Å². The molecule has 0 atom stereocenters. The van der Waals surface area contributed by atoms with Crippen LogP contribution < -0.4 is 0 Å². The lowest BCUT2D eigenvalue weighted by Gasteiger charge is -2.14. The van der Waals surface area contributed by atoms with Crippen LogP contribution in [0.25, 0.3) is 0 Å². The fraction of sp³-hybridized carbons (Fsp3) is 0.571. The molecule has 1 N–H and O–H groups in total. The number of hydrogen-bond donors (Lipinski definition) is 1. The minimum absolute atomic E-state index is 0.475. The van der Waals surface area contributed by atoms with Crippen molar-refractivity contribution >= 4 is 11.6 Å². The summed E-state index contributed by atoms with van der Waals surface area (Å²) in [5.41, 5.74) is -3.30. The molecule has 0 fully saturated rings. The quantitative estimate of drug-likeness (QED) is 0.832. The number of aliphatic hydroxyl groups is 1. The van der Waals surface area contributed by atoms with Crippen molar-refractivity contribution in [2.45, 2.75) is 12.1 Å². The van der Waals surface area contributed by atoms with Gasteiger partial charge >= 0.3 is 12.1 Å². The van der Waals surface area contributed by atoms with Crippen LogP contribution in [0, 0.1) is 0 Å². The predicted octanol–water partition coefficient (Wildman–Crippen LogP) is 2.18. The van der Waals surface area contributed by atoms with E-state index in [-0.39, 0.29) is 0 Å². The first-order valence-corrected chi connectivity index (χ1v) is 4.28. The molecule has 0 saturated heterocycles. The van der Waals surface area contributed by atoms with Crippen molar-refractivity contribution in [1.82, 2.24) is 9.78 Å². The molecule has 1 rings (SSSR count). The van der Waals surface area contributed by atoms with Crippen molar-refractivity contribution in [2.24, 2.45) is 7.05 Å². The largest absolute Gasteiger partial charge is 0.435 e. The summed E-state index contributed by atoms with van der Waals surface area (Å²) in [6.45, 7) is -1.78. The molecule has 1 heterocycles. The highest BCUT2D eigenvalue weighted by molar-refractivity contribution is 6.30. The molecule has 0 saturated carbocycles. The second kappa shape index (κ2) is 3.85. The summed E-state index contributed by atoms with van der Waals surface area (Å²) in [5.74, 6) is -4.09. The van der Waals surface area contributed by atoms with Gasteiger partial charge < -0.3 is 5.11 Å². The third kappa shape index (κ3) is 2.12. The highest BCUT2D eigenvalue weighted by Gasteiger charge is 2.47. The first kappa shape index (κ1) is 13.2. The van der Waals surface area contributed by atoms with Crippen molar-refractivity contribution in [3.63, 3.8) is 0 Å². The van der Waals surface area contributed by atoms with E-state index >= 15 is 0 Å². The van der Waals surface area contributed by atoms with Gasteiger partial charge in [-0.1, -0.05) is 11.6 Å². The molecule has 0 aliphatic carbocycles. The van der Waals surface area contributed by atoms with Crippen LogP contribution in [0.2, 0.25) is 5.15 Å². The highest BCUT2D eigenvalue weighted by atomic mass is 35.5. The number of alkyl halides is 5. The van der Waals surface area contributed by atoms with E-state index in [0.717, 1.165) is 7.05 Å². The van der Waals surface area contributed by atoms with Gasteiger partial charge in [0.2, 0.25) is 0 Å². The molecule has 0 spiro atoms. The van der Waals surface area contributed by atoms with Gasteiger partial charge in [-0.3, -0.25) is 4.68 Å². The summed E-state index contributed by atoms with van der Waals surface area (Å²) in [7, 11) is 0.995. The Balaban J connectivity index is 3.48. The molecule has 1 aromatic heterocycles. The van der Waals surface area contributed by atoms with E-state index in [1.807, 2.05) is 0 Å². The Morgan fingerprint density at radius 3 is 2.19 bits per heavy atom. The van der Waals surface area contributed by atoms with Gasteiger partial charge in [-0.2, -0.15) is 27.1 Å². The molecule has 0 bridgehead atoms. The topological polar surface area (TPSA) is 38.0 Å². The maximum atomic E-state index is 13.1. The smallest absolute Gasteiger partial charge is 0.390 e. The zero-order chi connectivity index (χ0) is 12.7. The average Bonchev–Trinajstić information content (AvgIpc) is 2.43. The minimum atomic E-state index is -5.06. The van der Waals surface area contributed by atoms with Gasteiger partial charge in [-0.05, 0) is 0 Å². The second-order valence-corrected chi connectivity index (χ2v) is 3.36. The van der Waals surface area contributed by atoms with Crippen molar-refractivity contribution in [1.29, 1.82) is 0 Å². The van der Waals surface area contributed by atoms with E-state index in [1.165, 1.54) is 0 Å². The molecule has 3 nitrogen and oxygen atoms in total. The van der Waals surface area contributed by atoms with Crippen LogP contribution in [-0.2, 0) is 19.1 Å². The molecule has 9 heteroatoms. The molecule has 0 aliphatic rings. The molecule has 0 unspecified atom stereocenters. The minimum Gasteiger partial charge on any atom is -0.390 e. The van der Waals surface area contributed by atoms with Gasteiger partial charge in [0.15, 0.2) is 5.69 Å².